The van der Waals surface area contributed by atoms with Crippen LogP contribution in [0.4, 0.5) is 0 Å². The van der Waals surface area contributed by atoms with Crippen LogP contribution in [0.25, 0.3) is 0 Å². The number of hydrogen-bond acceptors (Lipinski definition) is 1. The highest BCUT2D eigenvalue weighted by molar-refractivity contribution is 4.69. The van der Waals surface area contributed by atoms with Crippen molar-refractivity contribution in [1.82, 2.24) is 0 Å². The number of rotatable bonds is 4. The van der Waals surface area contributed by atoms with E-state index in [0.717, 1.165) is 25.0 Å². The van der Waals surface area contributed by atoms with Crippen LogP contribution >= 0.6 is 0 Å². The second kappa shape index (κ2) is 5.58. The molecule has 0 aliphatic heterocycles. The first kappa shape index (κ1) is 10.0. The molecule has 1 aliphatic rings. The van der Waals surface area contributed by atoms with Crippen molar-refractivity contribution in [1.29, 1.82) is 0 Å². The summed E-state index contributed by atoms with van der Waals surface area (Å²) >= 11 is 0. The highest BCUT2D eigenvalue weighted by Crippen LogP contribution is 2.30. The van der Waals surface area contributed by atoms with Crippen LogP contribution in [0.5, 0.6) is 0 Å². The molecule has 1 nitrogen and oxygen atoms in total. The fourth-order valence-corrected chi connectivity index (χ4v) is 2.01. The monoisotopic (exact) mass is 170 g/mol. The molecule has 0 saturated heterocycles. The van der Waals surface area contributed by atoms with Gasteiger partial charge < -0.3 is 4.74 Å². The van der Waals surface area contributed by atoms with Crippen molar-refractivity contribution in [2.45, 2.75) is 46.0 Å². The molecule has 0 heterocycles. The van der Waals surface area contributed by atoms with E-state index in [4.69, 9.17) is 4.74 Å². The number of ether oxygens (including phenoxy) is 1. The molecule has 0 aromatic carbocycles. The van der Waals surface area contributed by atoms with Gasteiger partial charge in [0, 0.05) is 13.2 Å². The van der Waals surface area contributed by atoms with E-state index in [2.05, 4.69) is 13.8 Å². The largest absolute Gasteiger partial charge is 0.382 e. The Morgan fingerprint density at radius 3 is 2.42 bits per heavy atom. The fraction of sp³-hybridized carbons (Fsp3) is 1.00. The van der Waals surface area contributed by atoms with Crippen molar-refractivity contribution in [2.75, 3.05) is 13.2 Å². The van der Waals surface area contributed by atoms with Gasteiger partial charge in [-0.2, -0.15) is 0 Å². The van der Waals surface area contributed by atoms with Crippen LogP contribution in [0.3, 0.4) is 0 Å². The van der Waals surface area contributed by atoms with Crippen molar-refractivity contribution in [3.05, 3.63) is 0 Å². The maximum Gasteiger partial charge on any atom is 0.0468 e. The van der Waals surface area contributed by atoms with Gasteiger partial charge in [-0.1, -0.05) is 32.6 Å². The van der Waals surface area contributed by atoms with Gasteiger partial charge in [0.05, 0.1) is 0 Å². The summed E-state index contributed by atoms with van der Waals surface area (Å²) in [5.41, 5.74) is 0. The van der Waals surface area contributed by atoms with Crippen LogP contribution in [0, 0.1) is 11.8 Å². The Hall–Kier alpha value is -0.0400. The third kappa shape index (κ3) is 3.57. The Balaban J connectivity index is 2.01. The SMILES string of the molecule is CCOCCC1CCC(C)CC1. The van der Waals surface area contributed by atoms with E-state index in [0.29, 0.717) is 0 Å². The predicted octanol–water partition coefficient (Wildman–Crippen LogP) is 3.24. The van der Waals surface area contributed by atoms with Gasteiger partial charge in [0.2, 0.25) is 0 Å². The lowest BCUT2D eigenvalue weighted by Gasteiger charge is -2.25. The smallest absolute Gasteiger partial charge is 0.0468 e. The van der Waals surface area contributed by atoms with E-state index < -0.39 is 0 Å². The first-order chi connectivity index (χ1) is 5.83. The van der Waals surface area contributed by atoms with Crippen molar-refractivity contribution >= 4 is 0 Å². The summed E-state index contributed by atoms with van der Waals surface area (Å²) in [5.74, 6) is 1.95. The van der Waals surface area contributed by atoms with E-state index in [1.54, 1.807) is 0 Å². The molecule has 0 N–H and O–H groups in total. The second-order valence-electron chi connectivity index (χ2n) is 4.11. The van der Waals surface area contributed by atoms with Gasteiger partial charge in [0.15, 0.2) is 0 Å². The van der Waals surface area contributed by atoms with Crippen molar-refractivity contribution in [3.8, 4) is 0 Å². The Labute approximate surface area is 76.5 Å². The van der Waals surface area contributed by atoms with Crippen LogP contribution in [0.1, 0.15) is 46.0 Å². The van der Waals surface area contributed by atoms with Crippen molar-refractivity contribution in [2.24, 2.45) is 11.8 Å². The Morgan fingerprint density at radius 1 is 1.17 bits per heavy atom. The average molecular weight is 170 g/mol. The summed E-state index contributed by atoms with van der Waals surface area (Å²) in [4.78, 5) is 0. The van der Waals surface area contributed by atoms with Crippen LogP contribution < -0.4 is 0 Å². The second-order valence-corrected chi connectivity index (χ2v) is 4.11. The zero-order chi connectivity index (χ0) is 8.81. The van der Waals surface area contributed by atoms with Gasteiger partial charge in [0.1, 0.15) is 0 Å². The third-order valence-electron chi connectivity index (χ3n) is 3.01. The molecule has 1 saturated carbocycles. The van der Waals surface area contributed by atoms with Crippen molar-refractivity contribution in [3.63, 3.8) is 0 Å². The minimum Gasteiger partial charge on any atom is -0.382 e. The Bertz CT molecular complexity index is 104. The fourth-order valence-electron chi connectivity index (χ4n) is 2.01. The predicted molar refractivity (Wildman–Crippen MR) is 52.2 cm³/mol. The highest BCUT2D eigenvalue weighted by atomic mass is 16.5. The van der Waals surface area contributed by atoms with Crippen LogP contribution in [0.15, 0.2) is 0 Å². The van der Waals surface area contributed by atoms with Crippen molar-refractivity contribution < 1.29 is 4.74 Å². The molecule has 1 fully saturated rings. The van der Waals surface area contributed by atoms with E-state index in [-0.39, 0.29) is 0 Å². The molecule has 0 aromatic rings. The van der Waals surface area contributed by atoms with E-state index in [1.165, 1.54) is 32.1 Å². The molecule has 0 unspecified atom stereocenters. The first-order valence-electron chi connectivity index (χ1n) is 5.40. The quantitative estimate of drug-likeness (QED) is 0.588. The molecule has 1 heteroatoms. The lowest BCUT2D eigenvalue weighted by atomic mass is 9.82. The molecule has 0 bridgehead atoms. The minimum atomic E-state index is 0.878. The van der Waals surface area contributed by atoms with Crippen LogP contribution in [0.2, 0.25) is 0 Å². The van der Waals surface area contributed by atoms with Gasteiger partial charge in [0.25, 0.3) is 0 Å². The summed E-state index contributed by atoms with van der Waals surface area (Å²) in [5, 5.41) is 0. The molecule has 0 radical (unpaired) electrons. The topological polar surface area (TPSA) is 9.23 Å². The molecule has 0 atom stereocenters. The van der Waals surface area contributed by atoms with Crippen LogP contribution in [-0.4, -0.2) is 13.2 Å². The summed E-state index contributed by atoms with van der Waals surface area (Å²) in [6.07, 6.45) is 7.05. The molecule has 0 spiro atoms. The molecule has 0 aromatic heterocycles. The molecule has 0 amide bonds. The van der Waals surface area contributed by atoms with E-state index in [9.17, 15) is 0 Å². The lowest BCUT2D eigenvalue weighted by molar-refractivity contribution is 0.121. The molecule has 72 valence electrons. The van der Waals surface area contributed by atoms with Gasteiger partial charge in [-0.3, -0.25) is 0 Å². The highest BCUT2D eigenvalue weighted by Gasteiger charge is 2.17. The maximum absolute atomic E-state index is 5.36. The van der Waals surface area contributed by atoms with Gasteiger partial charge in [-0.15, -0.1) is 0 Å². The summed E-state index contributed by atoms with van der Waals surface area (Å²) < 4.78 is 5.36. The summed E-state index contributed by atoms with van der Waals surface area (Å²) in [6.45, 7) is 6.31. The number of hydrogen-bond donors (Lipinski definition) is 0. The Kier molecular flexibility index (Phi) is 4.67. The summed E-state index contributed by atoms with van der Waals surface area (Å²) in [6, 6.07) is 0. The van der Waals surface area contributed by atoms with Crippen LogP contribution in [-0.2, 0) is 4.74 Å². The zero-order valence-corrected chi connectivity index (χ0v) is 8.51. The standard InChI is InChI=1S/C11H22O/c1-3-12-9-8-11-6-4-10(2)5-7-11/h10-11H,3-9H2,1-2H3. The van der Waals surface area contributed by atoms with Gasteiger partial charge in [-0.25, -0.2) is 0 Å². The van der Waals surface area contributed by atoms with Gasteiger partial charge >= 0.3 is 0 Å². The third-order valence-corrected chi connectivity index (χ3v) is 3.01. The minimum absolute atomic E-state index is 0.878. The Morgan fingerprint density at radius 2 is 1.83 bits per heavy atom. The molecule has 12 heavy (non-hydrogen) atoms. The van der Waals surface area contributed by atoms with E-state index >= 15 is 0 Å². The van der Waals surface area contributed by atoms with E-state index in [1.807, 2.05) is 0 Å². The normalized spacial score (nSPS) is 30.5. The molecule has 1 aliphatic carbocycles. The first-order valence-corrected chi connectivity index (χ1v) is 5.40. The summed E-state index contributed by atoms with van der Waals surface area (Å²) in [7, 11) is 0. The zero-order valence-electron chi connectivity index (χ0n) is 8.51. The van der Waals surface area contributed by atoms with Gasteiger partial charge in [-0.05, 0) is 25.2 Å². The lowest BCUT2D eigenvalue weighted by Crippen LogP contribution is -2.14. The maximum atomic E-state index is 5.36. The molecular formula is C11H22O. The molecular weight excluding hydrogens is 148 g/mol. The average Bonchev–Trinajstić information content (AvgIpc) is 2.09. The molecule has 1 rings (SSSR count).